The summed E-state index contributed by atoms with van der Waals surface area (Å²) in [6.45, 7) is 1.88. The SMILES string of the molecule is CC(N)Nc1cccc(N)c1. The van der Waals surface area contributed by atoms with E-state index in [1.54, 1.807) is 0 Å². The summed E-state index contributed by atoms with van der Waals surface area (Å²) >= 11 is 0. The molecule has 1 unspecified atom stereocenters. The van der Waals surface area contributed by atoms with Crippen LogP contribution in [0.3, 0.4) is 0 Å². The predicted molar refractivity (Wildman–Crippen MR) is 48.1 cm³/mol. The van der Waals surface area contributed by atoms with Gasteiger partial charge in [0.15, 0.2) is 0 Å². The van der Waals surface area contributed by atoms with E-state index >= 15 is 0 Å². The zero-order valence-electron chi connectivity index (χ0n) is 6.54. The topological polar surface area (TPSA) is 64.1 Å². The van der Waals surface area contributed by atoms with Gasteiger partial charge in [-0.1, -0.05) is 6.07 Å². The zero-order chi connectivity index (χ0) is 8.27. The fraction of sp³-hybridized carbons (Fsp3) is 0.250. The molecular weight excluding hydrogens is 138 g/mol. The summed E-state index contributed by atoms with van der Waals surface area (Å²) in [5, 5.41) is 3.04. The third-order valence-corrected chi connectivity index (χ3v) is 1.28. The van der Waals surface area contributed by atoms with E-state index in [0.29, 0.717) is 0 Å². The molecule has 0 aliphatic heterocycles. The van der Waals surface area contributed by atoms with Gasteiger partial charge in [-0.05, 0) is 25.1 Å². The van der Waals surface area contributed by atoms with Gasteiger partial charge < -0.3 is 16.8 Å². The number of nitrogens with two attached hydrogens (primary N) is 2. The van der Waals surface area contributed by atoms with Crippen molar-refractivity contribution < 1.29 is 0 Å². The maximum atomic E-state index is 5.55. The van der Waals surface area contributed by atoms with E-state index in [-0.39, 0.29) is 6.17 Å². The molecule has 0 radical (unpaired) electrons. The van der Waals surface area contributed by atoms with E-state index in [1.807, 2.05) is 31.2 Å². The van der Waals surface area contributed by atoms with Crippen LogP contribution in [-0.4, -0.2) is 6.17 Å². The van der Waals surface area contributed by atoms with E-state index in [4.69, 9.17) is 11.5 Å². The van der Waals surface area contributed by atoms with Gasteiger partial charge in [0.05, 0.1) is 6.17 Å². The summed E-state index contributed by atoms with van der Waals surface area (Å²) in [7, 11) is 0. The van der Waals surface area contributed by atoms with Crippen LogP contribution < -0.4 is 16.8 Å². The largest absolute Gasteiger partial charge is 0.399 e. The Hall–Kier alpha value is -1.22. The molecule has 60 valence electrons. The Bertz CT molecular complexity index is 233. The Morgan fingerprint density at radius 2 is 2.18 bits per heavy atom. The van der Waals surface area contributed by atoms with Crippen LogP contribution >= 0.6 is 0 Å². The normalized spacial score (nSPS) is 12.5. The molecule has 0 bridgehead atoms. The van der Waals surface area contributed by atoms with E-state index in [0.717, 1.165) is 11.4 Å². The lowest BCUT2D eigenvalue weighted by atomic mass is 10.3. The second-order valence-corrected chi connectivity index (χ2v) is 2.56. The lowest BCUT2D eigenvalue weighted by molar-refractivity contribution is 0.852. The van der Waals surface area contributed by atoms with Crippen molar-refractivity contribution in [2.24, 2.45) is 5.73 Å². The number of hydrogen-bond donors (Lipinski definition) is 3. The molecule has 3 heteroatoms. The first-order chi connectivity index (χ1) is 5.18. The lowest BCUT2D eigenvalue weighted by Gasteiger charge is -2.09. The van der Waals surface area contributed by atoms with Crippen LogP contribution in [0.4, 0.5) is 11.4 Å². The smallest absolute Gasteiger partial charge is 0.0714 e. The highest BCUT2D eigenvalue weighted by molar-refractivity contribution is 5.54. The molecule has 1 atom stereocenters. The molecule has 0 spiro atoms. The quantitative estimate of drug-likeness (QED) is 0.436. The Morgan fingerprint density at radius 1 is 1.45 bits per heavy atom. The molecule has 0 aromatic heterocycles. The van der Waals surface area contributed by atoms with E-state index in [9.17, 15) is 0 Å². The fourth-order valence-corrected chi connectivity index (χ4v) is 0.891. The minimum absolute atomic E-state index is 0.0446. The maximum Gasteiger partial charge on any atom is 0.0714 e. The van der Waals surface area contributed by atoms with Crippen molar-refractivity contribution in [3.05, 3.63) is 24.3 Å². The van der Waals surface area contributed by atoms with Gasteiger partial charge in [0, 0.05) is 11.4 Å². The first kappa shape index (κ1) is 7.88. The molecule has 5 N–H and O–H groups in total. The van der Waals surface area contributed by atoms with Gasteiger partial charge in [0.2, 0.25) is 0 Å². The number of benzene rings is 1. The van der Waals surface area contributed by atoms with Crippen molar-refractivity contribution in [1.82, 2.24) is 0 Å². The average Bonchev–Trinajstić information content (AvgIpc) is 1.85. The molecule has 3 nitrogen and oxygen atoms in total. The van der Waals surface area contributed by atoms with E-state index in [1.165, 1.54) is 0 Å². The van der Waals surface area contributed by atoms with Gasteiger partial charge in [-0.3, -0.25) is 0 Å². The average molecular weight is 151 g/mol. The second kappa shape index (κ2) is 3.25. The third-order valence-electron chi connectivity index (χ3n) is 1.28. The second-order valence-electron chi connectivity index (χ2n) is 2.56. The summed E-state index contributed by atoms with van der Waals surface area (Å²) < 4.78 is 0. The molecule has 0 saturated heterocycles. The molecule has 1 rings (SSSR count). The summed E-state index contributed by atoms with van der Waals surface area (Å²) in [6, 6.07) is 7.51. The van der Waals surface area contributed by atoms with Gasteiger partial charge in [0.1, 0.15) is 0 Å². The molecule has 0 aliphatic rings. The molecule has 0 amide bonds. The number of nitrogens with one attached hydrogen (secondary N) is 1. The van der Waals surface area contributed by atoms with Gasteiger partial charge in [0.25, 0.3) is 0 Å². The van der Waals surface area contributed by atoms with Gasteiger partial charge in [-0.25, -0.2) is 0 Å². The van der Waals surface area contributed by atoms with Crippen molar-refractivity contribution in [2.75, 3.05) is 11.1 Å². The number of anilines is 2. The molecule has 1 aromatic rings. The molecule has 11 heavy (non-hydrogen) atoms. The Labute approximate surface area is 66.4 Å². The van der Waals surface area contributed by atoms with Crippen LogP contribution in [0.1, 0.15) is 6.92 Å². The summed E-state index contributed by atoms with van der Waals surface area (Å²) in [5.41, 5.74) is 12.8. The van der Waals surface area contributed by atoms with Crippen LogP contribution in [-0.2, 0) is 0 Å². The van der Waals surface area contributed by atoms with Crippen LogP contribution in [0.15, 0.2) is 24.3 Å². The number of hydrogen-bond acceptors (Lipinski definition) is 3. The molecule has 0 fully saturated rings. The molecule has 1 aromatic carbocycles. The summed E-state index contributed by atoms with van der Waals surface area (Å²) in [6.07, 6.45) is -0.0446. The minimum Gasteiger partial charge on any atom is -0.399 e. The third kappa shape index (κ3) is 2.47. The monoisotopic (exact) mass is 151 g/mol. The van der Waals surface area contributed by atoms with Crippen LogP contribution in [0.2, 0.25) is 0 Å². The lowest BCUT2D eigenvalue weighted by Crippen LogP contribution is -2.25. The molecular formula is C8H13N3. The molecule has 0 aliphatic carbocycles. The van der Waals surface area contributed by atoms with Crippen molar-refractivity contribution >= 4 is 11.4 Å². The molecule has 0 saturated carbocycles. The molecule has 0 heterocycles. The maximum absolute atomic E-state index is 5.55. The van der Waals surface area contributed by atoms with Crippen molar-refractivity contribution in [3.8, 4) is 0 Å². The highest BCUT2D eigenvalue weighted by atomic mass is 15.0. The first-order valence-corrected chi connectivity index (χ1v) is 3.56. The van der Waals surface area contributed by atoms with Crippen molar-refractivity contribution in [3.63, 3.8) is 0 Å². The number of rotatable bonds is 2. The van der Waals surface area contributed by atoms with Crippen molar-refractivity contribution in [2.45, 2.75) is 13.1 Å². The van der Waals surface area contributed by atoms with Crippen molar-refractivity contribution in [1.29, 1.82) is 0 Å². The minimum atomic E-state index is -0.0446. The van der Waals surface area contributed by atoms with E-state index < -0.39 is 0 Å². The highest BCUT2D eigenvalue weighted by Gasteiger charge is 1.93. The Kier molecular flexibility index (Phi) is 2.33. The summed E-state index contributed by atoms with van der Waals surface area (Å²) in [5.74, 6) is 0. The van der Waals surface area contributed by atoms with E-state index in [2.05, 4.69) is 5.32 Å². The standard InChI is InChI=1S/C8H13N3/c1-6(9)11-8-4-2-3-7(10)5-8/h2-6,11H,9-10H2,1H3. The van der Waals surface area contributed by atoms with Crippen LogP contribution in [0, 0.1) is 0 Å². The Morgan fingerprint density at radius 3 is 2.73 bits per heavy atom. The van der Waals surface area contributed by atoms with Gasteiger partial charge in [-0.2, -0.15) is 0 Å². The van der Waals surface area contributed by atoms with Gasteiger partial charge in [-0.15, -0.1) is 0 Å². The number of nitrogen functional groups attached to an aromatic ring is 1. The Balaban J connectivity index is 2.71. The first-order valence-electron chi connectivity index (χ1n) is 3.56. The van der Waals surface area contributed by atoms with Gasteiger partial charge >= 0.3 is 0 Å². The fourth-order valence-electron chi connectivity index (χ4n) is 0.891. The predicted octanol–water partition coefficient (Wildman–Crippen LogP) is 0.985. The van der Waals surface area contributed by atoms with Crippen LogP contribution in [0.25, 0.3) is 0 Å². The highest BCUT2D eigenvalue weighted by Crippen LogP contribution is 2.11. The summed E-state index contributed by atoms with van der Waals surface area (Å²) in [4.78, 5) is 0. The zero-order valence-corrected chi connectivity index (χ0v) is 6.54. The van der Waals surface area contributed by atoms with Crippen LogP contribution in [0.5, 0.6) is 0 Å².